The van der Waals surface area contributed by atoms with Crippen LogP contribution >= 0.6 is 0 Å². The molecule has 0 fully saturated rings. The summed E-state index contributed by atoms with van der Waals surface area (Å²) in [6, 6.07) is 15.7. The molecule has 2 rings (SSSR count). The highest BCUT2D eigenvalue weighted by atomic mass is 16.5. The van der Waals surface area contributed by atoms with Gasteiger partial charge in [-0.25, -0.2) is 4.79 Å². The number of rotatable bonds is 19. The molecule has 0 radical (unpaired) electrons. The standard InChI is InChI=1S/C32H46O4.C4H6O2/c1-6-8-9-10-11-12-28-17-18-30(21-27(28)7-2)29-15-13-26(14-16-29)19-20-32(4,23-35-5)24-36-31(34)25(3)22-33;1-4(2-5)3-6/h13-18,21,33H,3,6-12,19-20,22-24H2,1-2,4-5H3;2,6H,1,3H2. The van der Waals surface area contributed by atoms with Crippen molar-refractivity contribution < 1.29 is 29.3 Å². The number of aliphatic hydroxyl groups excluding tert-OH is 2. The Kier molecular flexibility index (Phi) is 18.3. The first-order chi connectivity index (χ1) is 20.2. The average molecular weight is 581 g/mol. The number of aliphatic hydroxyl groups is 2. The number of methoxy groups -OCH3 is 1. The lowest BCUT2D eigenvalue weighted by Crippen LogP contribution is -2.31. The van der Waals surface area contributed by atoms with Crippen LogP contribution in [0.25, 0.3) is 11.1 Å². The van der Waals surface area contributed by atoms with Gasteiger partial charge in [0.25, 0.3) is 0 Å². The second kappa shape index (κ2) is 20.8. The van der Waals surface area contributed by atoms with E-state index in [0.29, 0.717) is 12.9 Å². The minimum atomic E-state index is -0.557. The van der Waals surface area contributed by atoms with Gasteiger partial charge in [-0.15, -0.1) is 0 Å². The van der Waals surface area contributed by atoms with E-state index in [4.69, 9.17) is 19.7 Å². The number of carbonyl (C=O) groups is 2. The number of ether oxygens (including phenoxy) is 2. The molecule has 0 aliphatic rings. The number of benzene rings is 2. The van der Waals surface area contributed by atoms with Crippen molar-refractivity contribution in [3.63, 3.8) is 0 Å². The lowest BCUT2D eigenvalue weighted by molar-refractivity contribution is -0.144. The SMILES string of the molecule is C=C(C=O)CO.C=C(CO)C(=O)OCC(C)(CCc1ccc(-c2ccc(CCCCCCC)c(CC)c2)cc1)COC. The lowest BCUT2D eigenvalue weighted by Gasteiger charge is -2.28. The van der Waals surface area contributed by atoms with Gasteiger partial charge in [-0.05, 0) is 59.9 Å². The van der Waals surface area contributed by atoms with Gasteiger partial charge < -0.3 is 19.7 Å². The molecule has 0 heterocycles. The average Bonchev–Trinajstić information content (AvgIpc) is 3.02. The van der Waals surface area contributed by atoms with Gasteiger partial charge in [-0.3, -0.25) is 4.79 Å². The molecule has 232 valence electrons. The van der Waals surface area contributed by atoms with E-state index >= 15 is 0 Å². The molecule has 0 spiro atoms. The maximum Gasteiger partial charge on any atom is 0.335 e. The third-order valence-electron chi connectivity index (χ3n) is 7.34. The first kappa shape index (κ1) is 37.0. The summed E-state index contributed by atoms with van der Waals surface area (Å²) in [6.07, 6.45) is 11.0. The van der Waals surface area contributed by atoms with Crippen molar-refractivity contribution in [1.82, 2.24) is 0 Å². The molecular weight excluding hydrogens is 528 g/mol. The zero-order chi connectivity index (χ0) is 31.4. The third-order valence-corrected chi connectivity index (χ3v) is 7.34. The summed E-state index contributed by atoms with van der Waals surface area (Å²) in [4.78, 5) is 21.4. The zero-order valence-corrected chi connectivity index (χ0v) is 26.3. The summed E-state index contributed by atoms with van der Waals surface area (Å²) < 4.78 is 10.8. The fraction of sp³-hybridized carbons (Fsp3) is 0.500. The van der Waals surface area contributed by atoms with E-state index in [-0.39, 0.29) is 29.8 Å². The van der Waals surface area contributed by atoms with Crippen molar-refractivity contribution in [3.8, 4) is 11.1 Å². The quantitative estimate of drug-likeness (QED) is 0.0818. The Morgan fingerprint density at radius 2 is 1.55 bits per heavy atom. The van der Waals surface area contributed by atoms with Crippen molar-refractivity contribution >= 4 is 12.3 Å². The summed E-state index contributed by atoms with van der Waals surface area (Å²) in [5, 5.41) is 17.1. The van der Waals surface area contributed by atoms with E-state index in [2.05, 4.69) is 76.4 Å². The van der Waals surface area contributed by atoms with E-state index in [1.165, 1.54) is 66.3 Å². The molecule has 6 heteroatoms. The number of carbonyl (C=O) groups excluding carboxylic acids is 2. The molecular formula is C36H52O6. The van der Waals surface area contributed by atoms with E-state index in [0.717, 1.165) is 19.3 Å². The van der Waals surface area contributed by atoms with E-state index in [1.807, 2.05) is 0 Å². The van der Waals surface area contributed by atoms with Crippen molar-refractivity contribution in [2.45, 2.75) is 78.6 Å². The van der Waals surface area contributed by atoms with Gasteiger partial charge in [0.15, 0.2) is 0 Å². The minimum absolute atomic E-state index is 0.0663. The highest BCUT2D eigenvalue weighted by Gasteiger charge is 2.27. The number of aryl methyl sites for hydroxylation is 3. The van der Waals surface area contributed by atoms with Crippen LogP contribution in [0, 0.1) is 5.41 Å². The van der Waals surface area contributed by atoms with Gasteiger partial charge in [-0.2, -0.15) is 0 Å². The molecule has 0 bridgehead atoms. The minimum Gasteiger partial charge on any atom is -0.462 e. The van der Waals surface area contributed by atoms with Gasteiger partial charge >= 0.3 is 5.97 Å². The van der Waals surface area contributed by atoms with Crippen molar-refractivity contribution in [3.05, 3.63) is 83.5 Å². The van der Waals surface area contributed by atoms with E-state index in [1.54, 1.807) is 7.11 Å². The lowest BCUT2D eigenvalue weighted by atomic mass is 9.85. The second-order valence-corrected chi connectivity index (χ2v) is 11.2. The normalized spacial score (nSPS) is 12.0. The van der Waals surface area contributed by atoms with E-state index in [9.17, 15) is 9.59 Å². The topological polar surface area (TPSA) is 93.1 Å². The molecule has 2 aromatic carbocycles. The molecule has 6 nitrogen and oxygen atoms in total. The molecule has 0 aliphatic carbocycles. The maximum atomic E-state index is 11.9. The predicted molar refractivity (Wildman–Crippen MR) is 171 cm³/mol. The van der Waals surface area contributed by atoms with Crippen LogP contribution in [0.2, 0.25) is 0 Å². The molecule has 0 amide bonds. The Labute approximate surface area is 253 Å². The van der Waals surface area contributed by atoms with Crippen molar-refractivity contribution in [2.75, 3.05) is 33.5 Å². The second-order valence-electron chi connectivity index (χ2n) is 11.2. The molecule has 0 saturated carbocycles. The first-order valence-corrected chi connectivity index (χ1v) is 15.1. The van der Waals surface area contributed by atoms with Crippen LogP contribution in [0.15, 0.2) is 66.8 Å². The first-order valence-electron chi connectivity index (χ1n) is 15.1. The van der Waals surface area contributed by atoms with Crippen LogP contribution in [-0.2, 0) is 38.3 Å². The third kappa shape index (κ3) is 13.7. The van der Waals surface area contributed by atoms with Crippen LogP contribution in [0.5, 0.6) is 0 Å². The Bertz CT molecular complexity index is 1100. The predicted octanol–water partition coefficient (Wildman–Crippen LogP) is 6.84. The van der Waals surface area contributed by atoms with Gasteiger partial charge in [0.05, 0.1) is 32.0 Å². The highest BCUT2D eigenvalue weighted by Crippen LogP contribution is 2.28. The van der Waals surface area contributed by atoms with Crippen LogP contribution in [-0.4, -0.2) is 56.0 Å². The summed E-state index contributed by atoms with van der Waals surface area (Å²) >= 11 is 0. The molecule has 0 saturated heterocycles. The summed E-state index contributed by atoms with van der Waals surface area (Å²) in [5.41, 5.74) is 6.67. The summed E-state index contributed by atoms with van der Waals surface area (Å²) in [7, 11) is 1.66. The Morgan fingerprint density at radius 3 is 2.10 bits per heavy atom. The van der Waals surface area contributed by atoms with Crippen LogP contribution in [0.4, 0.5) is 0 Å². The van der Waals surface area contributed by atoms with Crippen molar-refractivity contribution in [2.24, 2.45) is 5.41 Å². The number of unbranched alkanes of at least 4 members (excludes halogenated alkanes) is 4. The fourth-order valence-corrected chi connectivity index (χ4v) is 4.59. The van der Waals surface area contributed by atoms with Crippen LogP contribution in [0.3, 0.4) is 0 Å². The molecule has 2 aromatic rings. The monoisotopic (exact) mass is 580 g/mol. The summed E-state index contributed by atoms with van der Waals surface area (Å²) in [5.74, 6) is -0.557. The van der Waals surface area contributed by atoms with Gasteiger partial charge in [0.1, 0.15) is 6.29 Å². The Hall–Kier alpha value is -3.06. The van der Waals surface area contributed by atoms with Gasteiger partial charge in [0, 0.05) is 18.1 Å². The van der Waals surface area contributed by atoms with Gasteiger partial charge in [0.2, 0.25) is 0 Å². The number of aldehydes is 1. The fourth-order valence-electron chi connectivity index (χ4n) is 4.59. The molecule has 0 aromatic heterocycles. The Balaban J connectivity index is 0.00000132. The molecule has 0 aliphatic heterocycles. The molecule has 1 atom stereocenters. The highest BCUT2D eigenvalue weighted by molar-refractivity contribution is 5.87. The smallest absolute Gasteiger partial charge is 0.335 e. The zero-order valence-electron chi connectivity index (χ0n) is 26.3. The van der Waals surface area contributed by atoms with Crippen LogP contribution in [0.1, 0.15) is 76.0 Å². The summed E-state index contributed by atoms with van der Waals surface area (Å²) in [6.45, 7) is 13.3. The maximum absolute atomic E-state index is 11.9. The van der Waals surface area contributed by atoms with E-state index < -0.39 is 12.6 Å². The number of hydrogen-bond acceptors (Lipinski definition) is 6. The molecule has 2 N–H and O–H groups in total. The van der Waals surface area contributed by atoms with Gasteiger partial charge in [-0.1, -0.05) is 102 Å². The largest absolute Gasteiger partial charge is 0.462 e. The molecule has 1 unspecified atom stereocenters. The Morgan fingerprint density at radius 1 is 0.881 bits per heavy atom. The number of hydrogen-bond donors (Lipinski definition) is 2. The van der Waals surface area contributed by atoms with Crippen molar-refractivity contribution in [1.29, 1.82) is 0 Å². The molecule has 42 heavy (non-hydrogen) atoms. The van der Waals surface area contributed by atoms with Crippen LogP contribution < -0.4 is 0 Å². The number of esters is 1.